The molecule has 0 radical (unpaired) electrons. The Bertz CT molecular complexity index is 4350. The third-order valence-corrected chi connectivity index (χ3v) is 22.5. The molecule has 0 bridgehead atoms. The number of nitrogens with zero attached hydrogens (tertiary/aromatic N) is 4. The number of aliphatic hydroxyl groups excluding tert-OH is 3. The van der Waals surface area contributed by atoms with Crippen LogP contribution < -0.4 is 37.2 Å². The number of likely N-dealkylation sites (N-methyl/N-ethyl adjacent to an activating group) is 1. The number of ether oxygens (including phenoxy) is 4. The summed E-state index contributed by atoms with van der Waals surface area (Å²) in [6, 6.07) is 20.1. The Morgan fingerprint density at radius 3 is 1.13 bits per heavy atom. The van der Waals surface area contributed by atoms with Gasteiger partial charge in [-0.05, 0) is 128 Å². The molecule has 9 heterocycles. The van der Waals surface area contributed by atoms with Gasteiger partial charge in [-0.1, -0.05) is 89.2 Å². The molecule has 118 heavy (non-hydrogen) atoms. The standard InChI is InChI=1S/C29H36N4O7.C28H34N4O7.C28H33N3O8/c1-16-13-22(35)25(23-10-12-40-23)33(3)29(39)17(2)26(36)20(14-18-7-6-11-30-15-18)31-28(38)24(16)32-27(37)19-8-4-5-9-21(19)34;1-15-12-21(34)24(22-9-11-39-22)32-26(36)16(2)25(35)19(13-17-6-5-10-29-14-17)30-28(38)23(15)31-27(37)18-7-3-4-8-20(18)33;1-15-12-21(33)25(22-9-11-38-22)39-28(37)16(2)24(34)19(13-17-6-5-10-29-14-17)30-27(36)23(15)31-26(35)18-7-3-4-8-20(18)32/h4-9,11,15-17,20,23-26,34,36H,10,12-14H2,1-3H3,(H,31,38)(H,32,37);3-8,10,14-16,19,22-25,33,35H,9,11-13H2,1-2H3,(H,30,38)(H,31,37)(H,32,36);3-8,10,14-16,19,22-25,32,34H,9,11-13H2,1-2H3,(H,30,36)(H,31,35)/t16-,17+,20-,23?,24-,25?,26-;15-,16+,19-,22?,23-,24?,25-;15-,16+,19-,22?,23-,24-,25?/m000/s1. The van der Waals surface area contributed by atoms with Crippen molar-refractivity contribution in [1.29, 1.82) is 0 Å². The van der Waals surface area contributed by atoms with E-state index in [-0.39, 0.29) is 84.0 Å². The second-order valence-corrected chi connectivity index (χ2v) is 31.1. The average molecular weight is 1630 g/mol. The molecular formula is C85H103N11O22. The lowest BCUT2D eigenvalue weighted by Crippen LogP contribution is -2.61. The Morgan fingerprint density at radius 2 is 0.780 bits per heavy atom. The molecule has 0 saturated carbocycles. The van der Waals surface area contributed by atoms with Crippen LogP contribution in [0.4, 0.5) is 0 Å². The molecule has 6 saturated heterocycles. The number of aromatic nitrogens is 3. The van der Waals surface area contributed by atoms with E-state index in [9.17, 15) is 88.2 Å². The SMILES string of the molecule is C[C@H]1CC(=O)C(C2CCO2)N(C)C(=O)[C@H](C)[C@H](O)[C@H](Cc2cccnc2)NC(=O)[C@H]1NC(=O)c1ccccc1O.C[C@H]1CC(=O)C(C2CCO2)NC(=O)[C@H](C)[C@H](O)[C@H](Cc2cccnc2)NC(=O)[C@H]1NC(=O)c1ccccc1O.C[C@H]1CC(=O)C(C2CCO2)OC(=O)[C@H](C)[C@H](O)[C@H](Cc2cccnc2)NC(=O)[C@H]1NC(=O)c1ccccc1O. The van der Waals surface area contributed by atoms with Crippen LogP contribution >= 0.6 is 0 Å². The number of para-hydroxylation sites is 3. The number of amides is 8. The number of aliphatic hydroxyl groups is 3. The Morgan fingerprint density at radius 1 is 0.432 bits per heavy atom. The molecule has 21 atom stereocenters. The largest absolute Gasteiger partial charge is 0.507 e. The Hall–Kier alpha value is -11.5. The summed E-state index contributed by atoms with van der Waals surface area (Å²) in [7, 11) is 1.53. The van der Waals surface area contributed by atoms with Gasteiger partial charge in [-0.25, -0.2) is 0 Å². The number of hydrogen-bond acceptors (Lipinski definition) is 25. The van der Waals surface area contributed by atoms with E-state index in [2.05, 4.69) is 52.2 Å². The van der Waals surface area contributed by atoms with Crippen molar-refractivity contribution in [2.45, 2.75) is 190 Å². The maximum Gasteiger partial charge on any atom is 0.312 e. The summed E-state index contributed by atoms with van der Waals surface area (Å²) in [6.45, 7) is 10.8. The van der Waals surface area contributed by atoms with Gasteiger partial charge in [0.25, 0.3) is 17.7 Å². The van der Waals surface area contributed by atoms with Gasteiger partial charge in [0.1, 0.15) is 53.6 Å². The lowest BCUT2D eigenvalue weighted by molar-refractivity contribution is -0.183. The van der Waals surface area contributed by atoms with E-state index >= 15 is 0 Å². The van der Waals surface area contributed by atoms with Gasteiger partial charge < -0.3 is 91.7 Å². The van der Waals surface area contributed by atoms with E-state index in [1.54, 1.807) is 138 Å². The van der Waals surface area contributed by atoms with Crippen molar-refractivity contribution >= 4 is 70.6 Å². The van der Waals surface area contributed by atoms with Crippen LogP contribution in [-0.2, 0) is 81.4 Å². The van der Waals surface area contributed by atoms with Crippen LogP contribution in [-0.4, -0.2) is 239 Å². The summed E-state index contributed by atoms with van der Waals surface area (Å²) in [5.74, 6) is -12.8. The van der Waals surface area contributed by atoms with Crippen molar-refractivity contribution in [3.8, 4) is 17.2 Å². The number of aromatic hydroxyl groups is 3. The van der Waals surface area contributed by atoms with E-state index in [0.29, 0.717) is 44.6 Å². The molecule has 6 fully saturated rings. The zero-order valence-electron chi connectivity index (χ0n) is 66.5. The number of cyclic esters (lactones) is 1. The highest BCUT2D eigenvalue weighted by atomic mass is 16.6. The number of carbonyl (C=O) groups is 12. The van der Waals surface area contributed by atoms with Crippen molar-refractivity contribution in [2.24, 2.45) is 35.5 Å². The van der Waals surface area contributed by atoms with Gasteiger partial charge in [0.05, 0.1) is 83.1 Å². The number of ketones is 3. The summed E-state index contributed by atoms with van der Waals surface area (Å²) in [5, 5.41) is 83.4. The molecule has 6 unspecified atom stereocenters. The lowest BCUT2D eigenvalue weighted by atomic mass is 9.86. The molecule has 12 rings (SSSR count). The highest BCUT2D eigenvalue weighted by Crippen LogP contribution is 2.31. The molecule has 0 spiro atoms. The number of hydrogen-bond donors (Lipinski definition) is 13. The van der Waals surface area contributed by atoms with Crippen LogP contribution in [0.5, 0.6) is 17.2 Å². The van der Waals surface area contributed by atoms with Crippen LogP contribution in [0.1, 0.15) is 128 Å². The van der Waals surface area contributed by atoms with Crippen LogP contribution in [0.15, 0.2) is 146 Å². The summed E-state index contributed by atoms with van der Waals surface area (Å²) in [4.78, 5) is 174. The zero-order valence-corrected chi connectivity index (χ0v) is 66.5. The van der Waals surface area contributed by atoms with Gasteiger partial charge in [-0.15, -0.1) is 0 Å². The minimum Gasteiger partial charge on any atom is -0.507 e. The maximum atomic E-state index is 13.7. The van der Waals surface area contributed by atoms with Crippen LogP contribution in [0, 0.1) is 35.5 Å². The van der Waals surface area contributed by atoms with Crippen LogP contribution in [0.3, 0.4) is 0 Å². The molecule has 8 amide bonds. The monoisotopic (exact) mass is 1630 g/mol. The molecule has 33 nitrogen and oxygen atoms in total. The van der Waals surface area contributed by atoms with Crippen LogP contribution in [0.25, 0.3) is 0 Å². The fourth-order valence-corrected chi connectivity index (χ4v) is 15.0. The van der Waals surface area contributed by atoms with Gasteiger partial charge in [-0.3, -0.25) is 72.5 Å². The second-order valence-electron chi connectivity index (χ2n) is 31.1. The number of rotatable bonds is 15. The van der Waals surface area contributed by atoms with E-state index in [4.69, 9.17) is 18.9 Å². The minimum atomic E-state index is -1.39. The van der Waals surface area contributed by atoms with E-state index in [0.717, 1.165) is 11.1 Å². The molecule has 33 heteroatoms. The molecular weight excluding hydrogens is 1530 g/mol. The fourth-order valence-electron chi connectivity index (χ4n) is 15.0. The first-order valence-corrected chi connectivity index (χ1v) is 39.5. The smallest absolute Gasteiger partial charge is 0.312 e. The molecule has 6 aliphatic rings. The predicted molar refractivity (Wildman–Crippen MR) is 421 cm³/mol. The van der Waals surface area contributed by atoms with Gasteiger partial charge in [0, 0.05) is 89.7 Å². The molecule has 630 valence electrons. The number of nitrogens with one attached hydrogen (secondary N) is 7. The van der Waals surface area contributed by atoms with Gasteiger partial charge in [0.15, 0.2) is 23.5 Å². The lowest BCUT2D eigenvalue weighted by Gasteiger charge is -2.41. The first-order chi connectivity index (χ1) is 56.4. The highest BCUT2D eigenvalue weighted by molar-refractivity contribution is 6.02. The number of benzene rings is 3. The first kappa shape index (κ1) is 88.9. The second kappa shape index (κ2) is 41.1. The number of Topliss-reactive ketones (excluding diaryl/α,β-unsaturated/α-hetero) is 3. The van der Waals surface area contributed by atoms with Crippen LogP contribution in [0.2, 0.25) is 0 Å². The molecule has 13 N–H and O–H groups in total. The number of pyridine rings is 3. The molecule has 3 aromatic carbocycles. The summed E-state index contributed by atoms with van der Waals surface area (Å²) < 4.78 is 22.1. The van der Waals surface area contributed by atoms with Crippen molar-refractivity contribution in [3.63, 3.8) is 0 Å². The number of esters is 1. The topological polar surface area (TPSA) is 489 Å². The minimum absolute atomic E-state index is 0.0217. The number of phenols is 3. The van der Waals surface area contributed by atoms with Crippen molar-refractivity contribution in [1.82, 2.24) is 57.1 Å². The quantitative estimate of drug-likeness (QED) is 0.0656. The van der Waals surface area contributed by atoms with E-state index in [1.807, 2.05) is 0 Å². The Balaban J connectivity index is 0.000000186. The number of carbonyl (C=O) groups excluding carboxylic acids is 12. The van der Waals surface area contributed by atoms with E-state index < -0.39 is 186 Å². The van der Waals surface area contributed by atoms with Crippen molar-refractivity contribution in [3.05, 3.63) is 180 Å². The van der Waals surface area contributed by atoms with Gasteiger partial charge >= 0.3 is 5.97 Å². The normalized spacial score (nSPS) is 30.1. The summed E-state index contributed by atoms with van der Waals surface area (Å²) in [5.41, 5.74) is 2.07. The van der Waals surface area contributed by atoms with Crippen molar-refractivity contribution < 1.29 is 107 Å². The Kier molecular flexibility index (Phi) is 30.9. The molecule has 6 aromatic rings. The first-order valence-electron chi connectivity index (χ1n) is 39.5. The van der Waals surface area contributed by atoms with Gasteiger partial charge in [0.2, 0.25) is 29.5 Å². The average Bonchev–Trinajstić information content (AvgIpc) is 0.488. The third kappa shape index (κ3) is 22.4. The maximum absolute atomic E-state index is 13.7. The predicted octanol–water partition coefficient (Wildman–Crippen LogP) is 2.25. The van der Waals surface area contributed by atoms with E-state index in [1.165, 1.54) is 62.2 Å². The summed E-state index contributed by atoms with van der Waals surface area (Å²) in [6.07, 6.45) is 4.48. The third-order valence-electron chi connectivity index (χ3n) is 22.5. The Labute approximate surface area is 681 Å². The zero-order chi connectivity index (χ0) is 85.2. The number of phenolic OH excluding ortho intramolecular Hbond substituents is 3. The fraction of sp³-hybridized carbons (Fsp3) is 0.471. The highest BCUT2D eigenvalue weighted by Gasteiger charge is 2.48. The summed E-state index contributed by atoms with van der Waals surface area (Å²) >= 11 is 0. The molecule has 0 aliphatic carbocycles. The molecule has 6 aliphatic heterocycles. The van der Waals surface area contributed by atoms with Gasteiger partial charge in [-0.2, -0.15) is 0 Å². The van der Waals surface area contributed by atoms with Crippen molar-refractivity contribution in [2.75, 3.05) is 26.9 Å². The molecule has 3 aromatic heterocycles.